The largest absolute Gasteiger partial charge is 0.351 e. The Morgan fingerprint density at radius 2 is 1.97 bits per heavy atom. The Morgan fingerprint density at radius 3 is 2.75 bits per heavy atom. The smallest absolute Gasteiger partial charge is 0.317 e. The molecule has 1 N–H and O–H groups in total. The van der Waals surface area contributed by atoms with Crippen molar-refractivity contribution in [2.24, 2.45) is 0 Å². The molecule has 0 saturated carbocycles. The minimum absolute atomic E-state index is 0.0431. The lowest BCUT2D eigenvalue weighted by atomic mass is 10.1. The fourth-order valence-electron chi connectivity index (χ4n) is 3.83. The number of nitrogens with zero attached hydrogens (tertiary/aromatic N) is 6. The van der Waals surface area contributed by atoms with Gasteiger partial charge >= 0.3 is 6.03 Å². The topological polar surface area (TPSA) is 87.1 Å². The van der Waals surface area contributed by atoms with Crippen molar-refractivity contribution in [3.8, 4) is 10.6 Å². The van der Waals surface area contributed by atoms with E-state index < -0.39 is 0 Å². The molecule has 0 atom stereocenters. The number of aryl methyl sites for hydroxylation is 1. The van der Waals surface area contributed by atoms with Gasteiger partial charge in [0.1, 0.15) is 6.33 Å². The third-order valence-electron chi connectivity index (χ3n) is 5.49. The molecule has 5 rings (SSSR count). The summed E-state index contributed by atoms with van der Waals surface area (Å²) >= 11 is 1.63. The molecule has 0 unspecified atom stereocenters. The van der Waals surface area contributed by atoms with E-state index in [1.54, 1.807) is 17.5 Å². The first-order valence-corrected chi connectivity index (χ1v) is 11.4. The number of urea groups is 1. The molecule has 1 saturated heterocycles. The van der Waals surface area contributed by atoms with Gasteiger partial charge in [-0.25, -0.2) is 24.7 Å². The van der Waals surface area contributed by atoms with Crippen LogP contribution in [0.4, 0.5) is 10.6 Å². The van der Waals surface area contributed by atoms with Gasteiger partial charge in [-0.2, -0.15) is 0 Å². The Bertz CT molecular complexity index is 1240. The zero-order valence-corrected chi connectivity index (χ0v) is 18.5. The number of fused-ring (bicyclic) bond motifs is 1. The van der Waals surface area contributed by atoms with Crippen molar-refractivity contribution in [2.75, 3.05) is 31.1 Å². The molecule has 0 spiro atoms. The lowest BCUT2D eigenvalue weighted by molar-refractivity contribution is 0.194. The van der Waals surface area contributed by atoms with E-state index in [0.29, 0.717) is 43.9 Å². The summed E-state index contributed by atoms with van der Waals surface area (Å²) in [5.74, 6) is 0.765. The second-order valence-corrected chi connectivity index (χ2v) is 8.67. The highest BCUT2D eigenvalue weighted by atomic mass is 32.1. The zero-order chi connectivity index (χ0) is 21.9. The molecule has 0 radical (unpaired) electrons. The number of anilines is 1. The number of amides is 2. The molecule has 1 aliphatic rings. The highest BCUT2D eigenvalue weighted by Crippen LogP contribution is 2.27. The highest BCUT2D eigenvalue weighted by molar-refractivity contribution is 7.13. The molecule has 4 heterocycles. The molecular weight excluding hydrogens is 422 g/mol. The third-order valence-corrected chi connectivity index (χ3v) is 6.38. The van der Waals surface area contributed by atoms with Crippen molar-refractivity contribution in [3.63, 3.8) is 0 Å². The molecule has 162 valence electrons. The van der Waals surface area contributed by atoms with Gasteiger partial charge in [-0.15, -0.1) is 11.3 Å². The summed E-state index contributed by atoms with van der Waals surface area (Å²) in [5, 5.41) is 5.05. The van der Waals surface area contributed by atoms with Gasteiger partial charge in [0.2, 0.25) is 0 Å². The average Bonchev–Trinajstić information content (AvgIpc) is 3.37. The number of hydrogen-bond acceptors (Lipinski definition) is 7. The van der Waals surface area contributed by atoms with Crippen molar-refractivity contribution in [1.82, 2.24) is 30.2 Å². The Hall–Kier alpha value is -3.59. The van der Waals surface area contributed by atoms with Crippen LogP contribution in [0.2, 0.25) is 0 Å². The quantitative estimate of drug-likeness (QED) is 0.517. The van der Waals surface area contributed by atoms with Crippen molar-refractivity contribution < 1.29 is 4.79 Å². The molecule has 8 nitrogen and oxygen atoms in total. The van der Waals surface area contributed by atoms with E-state index in [9.17, 15) is 4.79 Å². The summed E-state index contributed by atoms with van der Waals surface area (Å²) in [4.78, 5) is 35.8. The van der Waals surface area contributed by atoms with E-state index in [-0.39, 0.29) is 6.03 Å². The molecular formula is C23H23N7OS. The molecule has 9 heteroatoms. The van der Waals surface area contributed by atoms with Crippen molar-refractivity contribution in [1.29, 1.82) is 0 Å². The maximum absolute atomic E-state index is 12.6. The van der Waals surface area contributed by atoms with Gasteiger partial charge in [0, 0.05) is 32.7 Å². The van der Waals surface area contributed by atoms with Gasteiger partial charge in [-0.3, -0.25) is 0 Å². The lowest BCUT2D eigenvalue weighted by Crippen LogP contribution is -2.52. The predicted molar refractivity (Wildman–Crippen MR) is 126 cm³/mol. The lowest BCUT2D eigenvalue weighted by Gasteiger charge is -2.35. The molecule has 1 aromatic carbocycles. The number of rotatable bonds is 4. The summed E-state index contributed by atoms with van der Waals surface area (Å²) in [5.41, 5.74) is 4.37. The summed E-state index contributed by atoms with van der Waals surface area (Å²) < 4.78 is 0. The Labute approximate surface area is 190 Å². The summed E-state index contributed by atoms with van der Waals surface area (Å²) in [6, 6.07) is 12.2. The van der Waals surface area contributed by atoms with Crippen LogP contribution >= 0.6 is 11.3 Å². The van der Waals surface area contributed by atoms with Crippen LogP contribution in [0.25, 0.3) is 21.7 Å². The molecule has 1 aliphatic heterocycles. The van der Waals surface area contributed by atoms with E-state index in [2.05, 4.69) is 44.2 Å². The number of carbonyl (C=O) groups excluding carboxylic acids is 1. The van der Waals surface area contributed by atoms with Crippen molar-refractivity contribution in [3.05, 3.63) is 65.4 Å². The van der Waals surface area contributed by atoms with Crippen LogP contribution in [0.15, 0.2) is 54.3 Å². The van der Waals surface area contributed by atoms with Crippen LogP contribution < -0.4 is 10.2 Å². The minimum atomic E-state index is -0.0431. The average molecular weight is 446 g/mol. The van der Waals surface area contributed by atoms with Gasteiger partial charge < -0.3 is 15.1 Å². The fourth-order valence-corrected chi connectivity index (χ4v) is 4.51. The maximum Gasteiger partial charge on any atom is 0.317 e. The van der Waals surface area contributed by atoms with E-state index >= 15 is 0 Å². The molecule has 2 amide bonds. The van der Waals surface area contributed by atoms with E-state index in [1.165, 1.54) is 11.9 Å². The van der Waals surface area contributed by atoms with E-state index in [0.717, 1.165) is 22.0 Å². The minimum Gasteiger partial charge on any atom is -0.351 e. The maximum atomic E-state index is 12.6. The van der Waals surface area contributed by atoms with Crippen LogP contribution in [0.5, 0.6) is 0 Å². The molecule has 0 aliphatic carbocycles. The summed E-state index contributed by atoms with van der Waals surface area (Å²) in [6.45, 7) is 5.16. The summed E-state index contributed by atoms with van der Waals surface area (Å²) in [7, 11) is 0. The fraction of sp³-hybridized carbons (Fsp3) is 0.261. The molecule has 0 bridgehead atoms. The monoisotopic (exact) mass is 445 g/mol. The van der Waals surface area contributed by atoms with Crippen LogP contribution in [0.1, 0.15) is 11.1 Å². The normalized spacial score (nSPS) is 14.0. The van der Waals surface area contributed by atoms with Crippen LogP contribution in [0, 0.1) is 6.92 Å². The standard InChI is InChI=1S/C23H23N7OS/c1-16-4-2-5-17(12-16)13-25-23(31)30-9-7-29(8-10-30)22-20-21(26-15-27-22)24-14-18(28-20)19-6-3-11-32-19/h2-6,11-12,14-15H,7-10,13H2,1H3,(H,25,31). The van der Waals surface area contributed by atoms with Crippen molar-refractivity contribution in [2.45, 2.75) is 13.5 Å². The number of piperazine rings is 1. The van der Waals surface area contributed by atoms with Crippen molar-refractivity contribution >= 4 is 34.3 Å². The number of nitrogens with one attached hydrogen (secondary N) is 1. The van der Waals surface area contributed by atoms with Gasteiger partial charge in [0.05, 0.1) is 16.8 Å². The molecule has 3 aromatic heterocycles. The number of benzene rings is 1. The predicted octanol–water partition coefficient (Wildman–Crippen LogP) is 3.49. The first-order valence-electron chi connectivity index (χ1n) is 10.5. The molecule has 1 fully saturated rings. The van der Waals surface area contributed by atoms with Crippen LogP contribution in [0.3, 0.4) is 0 Å². The van der Waals surface area contributed by atoms with Gasteiger partial charge in [-0.1, -0.05) is 35.9 Å². The van der Waals surface area contributed by atoms with E-state index in [1.807, 2.05) is 34.5 Å². The second kappa shape index (κ2) is 8.88. The highest BCUT2D eigenvalue weighted by Gasteiger charge is 2.24. The number of carbonyl (C=O) groups is 1. The van der Waals surface area contributed by atoms with E-state index in [4.69, 9.17) is 4.98 Å². The Kier molecular flexibility index (Phi) is 5.64. The summed E-state index contributed by atoms with van der Waals surface area (Å²) in [6.07, 6.45) is 3.28. The first-order chi connectivity index (χ1) is 15.7. The van der Waals surface area contributed by atoms with Crippen LogP contribution in [-0.4, -0.2) is 57.0 Å². The number of hydrogen-bond donors (Lipinski definition) is 1. The molecule has 4 aromatic rings. The SMILES string of the molecule is Cc1cccc(CNC(=O)N2CCN(c3ncnc4ncc(-c5cccs5)nc34)CC2)c1. The van der Waals surface area contributed by atoms with Crippen LogP contribution in [-0.2, 0) is 6.54 Å². The Balaban J connectivity index is 1.26. The Morgan fingerprint density at radius 1 is 1.09 bits per heavy atom. The second-order valence-electron chi connectivity index (χ2n) is 7.72. The zero-order valence-electron chi connectivity index (χ0n) is 17.7. The third kappa shape index (κ3) is 4.24. The molecule has 32 heavy (non-hydrogen) atoms. The first kappa shape index (κ1) is 20.3. The number of aromatic nitrogens is 4. The van der Waals surface area contributed by atoms with Gasteiger partial charge in [0.25, 0.3) is 0 Å². The van der Waals surface area contributed by atoms with Gasteiger partial charge in [-0.05, 0) is 23.9 Å². The number of thiophene rings is 1. The van der Waals surface area contributed by atoms with Gasteiger partial charge in [0.15, 0.2) is 17.0 Å².